The van der Waals surface area contributed by atoms with Gasteiger partial charge in [-0.1, -0.05) is 31.0 Å². The number of rotatable bonds is 4. The van der Waals surface area contributed by atoms with Gasteiger partial charge in [0, 0.05) is 17.6 Å². The molecule has 5 nitrogen and oxygen atoms in total. The molecule has 4 unspecified atom stereocenters. The molecule has 2 amide bonds. The van der Waals surface area contributed by atoms with E-state index in [1.807, 2.05) is 35.2 Å². The second-order valence-electron chi connectivity index (χ2n) is 7.03. The van der Waals surface area contributed by atoms with E-state index < -0.39 is 6.04 Å². The first kappa shape index (κ1) is 17.0. The minimum atomic E-state index is -0.431. The van der Waals surface area contributed by atoms with E-state index in [0.717, 1.165) is 25.7 Å². The van der Waals surface area contributed by atoms with Crippen molar-refractivity contribution in [1.82, 2.24) is 10.2 Å². The molecule has 4 atom stereocenters. The highest BCUT2D eigenvalue weighted by Gasteiger charge is 2.47. The van der Waals surface area contributed by atoms with Gasteiger partial charge in [0.05, 0.1) is 6.61 Å². The zero-order valence-corrected chi connectivity index (χ0v) is 14.1. The van der Waals surface area contributed by atoms with Crippen molar-refractivity contribution in [1.29, 1.82) is 0 Å². The molecule has 1 heterocycles. The van der Waals surface area contributed by atoms with Crippen LogP contribution in [0, 0.1) is 5.92 Å². The fraction of sp³-hybridized carbons (Fsp3) is 0.579. The number of nitrogens with zero attached hydrogens (tertiary/aromatic N) is 1. The van der Waals surface area contributed by atoms with Crippen LogP contribution in [-0.4, -0.2) is 46.6 Å². The molecule has 1 aliphatic carbocycles. The van der Waals surface area contributed by atoms with E-state index in [-0.39, 0.29) is 30.5 Å². The van der Waals surface area contributed by atoms with E-state index in [4.69, 9.17) is 0 Å². The molecule has 130 valence electrons. The maximum atomic E-state index is 13.1. The highest BCUT2D eigenvalue weighted by atomic mass is 16.3. The molecule has 2 fully saturated rings. The molecule has 0 radical (unpaired) electrons. The van der Waals surface area contributed by atoms with E-state index in [0.29, 0.717) is 11.5 Å². The second-order valence-corrected chi connectivity index (χ2v) is 7.03. The number of hydrogen-bond acceptors (Lipinski definition) is 3. The number of carbonyl (C=O) groups excluding carboxylic acids is 2. The van der Waals surface area contributed by atoms with Crippen LogP contribution in [0.25, 0.3) is 0 Å². The van der Waals surface area contributed by atoms with Gasteiger partial charge in [0.1, 0.15) is 6.04 Å². The molecule has 24 heavy (non-hydrogen) atoms. The molecular formula is C19H26N2O3. The molecule has 2 N–H and O–H groups in total. The summed E-state index contributed by atoms with van der Waals surface area (Å²) < 4.78 is 0. The van der Waals surface area contributed by atoms with Gasteiger partial charge >= 0.3 is 0 Å². The average Bonchev–Trinajstić information content (AvgIpc) is 3.01. The normalized spacial score (nSPS) is 27.4. The average molecular weight is 330 g/mol. The second kappa shape index (κ2) is 7.34. The van der Waals surface area contributed by atoms with Crippen molar-refractivity contribution in [3.8, 4) is 0 Å². The number of fused-ring (bicyclic) bond motifs is 1. The number of likely N-dealkylation sites (tertiary alicyclic amines) is 1. The number of aliphatic hydroxyl groups is 1. The lowest BCUT2D eigenvalue weighted by Crippen LogP contribution is -2.51. The summed E-state index contributed by atoms with van der Waals surface area (Å²) in [5.74, 6) is 0.212. The maximum absolute atomic E-state index is 13.1. The first-order valence-electron chi connectivity index (χ1n) is 8.90. The van der Waals surface area contributed by atoms with Crippen LogP contribution < -0.4 is 5.32 Å². The van der Waals surface area contributed by atoms with Crippen LogP contribution >= 0.6 is 0 Å². The molecular weight excluding hydrogens is 304 g/mol. The minimum Gasteiger partial charge on any atom is -0.394 e. The van der Waals surface area contributed by atoms with Gasteiger partial charge in [-0.15, -0.1) is 0 Å². The molecule has 0 aromatic heterocycles. The van der Waals surface area contributed by atoms with Crippen LogP contribution in [0.3, 0.4) is 0 Å². The Balaban J connectivity index is 1.85. The van der Waals surface area contributed by atoms with E-state index in [2.05, 4.69) is 5.32 Å². The first-order chi connectivity index (χ1) is 11.6. The molecule has 3 rings (SSSR count). The highest BCUT2D eigenvalue weighted by molar-refractivity contribution is 5.98. The Morgan fingerprint density at radius 3 is 2.67 bits per heavy atom. The Bertz CT molecular complexity index is 590. The van der Waals surface area contributed by atoms with Gasteiger partial charge in [0.2, 0.25) is 5.91 Å². The zero-order chi connectivity index (χ0) is 17.1. The number of aliphatic hydroxyl groups excluding tert-OH is 1. The predicted octanol–water partition coefficient (Wildman–Crippen LogP) is 1.96. The van der Waals surface area contributed by atoms with Crippen LogP contribution in [0.15, 0.2) is 30.3 Å². The summed E-state index contributed by atoms with van der Waals surface area (Å²) in [7, 11) is 0. The van der Waals surface area contributed by atoms with Crippen molar-refractivity contribution in [3.63, 3.8) is 0 Å². The summed E-state index contributed by atoms with van der Waals surface area (Å²) in [6.07, 6.45) is 5.08. The van der Waals surface area contributed by atoms with Gasteiger partial charge in [-0.2, -0.15) is 0 Å². The molecule has 0 spiro atoms. The van der Waals surface area contributed by atoms with Crippen LogP contribution in [-0.2, 0) is 4.79 Å². The molecule has 5 heteroatoms. The predicted molar refractivity (Wildman–Crippen MR) is 91.5 cm³/mol. The van der Waals surface area contributed by atoms with Gasteiger partial charge in [0.15, 0.2) is 0 Å². The Labute approximate surface area is 143 Å². The zero-order valence-electron chi connectivity index (χ0n) is 14.1. The fourth-order valence-electron chi connectivity index (χ4n) is 4.10. The maximum Gasteiger partial charge on any atom is 0.254 e. The Morgan fingerprint density at radius 2 is 1.96 bits per heavy atom. The standard InChI is InChI=1S/C19H26N2O3/c1-13(12-22)20-18(23)17-11-15-9-5-6-10-16(15)21(17)19(24)14-7-3-2-4-8-14/h2-4,7-8,13,15-17,22H,5-6,9-12H2,1H3,(H,20,23). The molecule has 0 bridgehead atoms. The van der Waals surface area contributed by atoms with Crippen LogP contribution in [0.2, 0.25) is 0 Å². The number of benzene rings is 1. The van der Waals surface area contributed by atoms with Crippen molar-refractivity contribution >= 4 is 11.8 Å². The van der Waals surface area contributed by atoms with Crippen LogP contribution in [0.4, 0.5) is 0 Å². The summed E-state index contributed by atoms with van der Waals surface area (Å²) in [5.41, 5.74) is 0.636. The lowest BCUT2D eigenvalue weighted by molar-refractivity contribution is -0.126. The van der Waals surface area contributed by atoms with Crippen LogP contribution in [0.5, 0.6) is 0 Å². The monoisotopic (exact) mass is 330 g/mol. The molecule has 1 saturated heterocycles. The van der Waals surface area contributed by atoms with Crippen molar-refractivity contribution in [3.05, 3.63) is 35.9 Å². The number of hydrogen-bond donors (Lipinski definition) is 2. The first-order valence-corrected chi connectivity index (χ1v) is 8.90. The lowest BCUT2D eigenvalue weighted by atomic mass is 9.84. The summed E-state index contributed by atoms with van der Waals surface area (Å²) >= 11 is 0. The van der Waals surface area contributed by atoms with Gasteiger partial charge in [-0.3, -0.25) is 9.59 Å². The summed E-state index contributed by atoms with van der Waals surface area (Å²) in [6.45, 7) is 1.67. The molecule has 1 saturated carbocycles. The fourth-order valence-corrected chi connectivity index (χ4v) is 4.10. The smallest absolute Gasteiger partial charge is 0.254 e. The van der Waals surface area contributed by atoms with Gasteiger partial charge in [-0.25, -0.2) is 0 Å². The third kappa shape index (κ3) is 3.31. The summed E-state index contributed by atoms with van der Waals surface area (Å²) in [6, 6.07) is 8.64. The van der Waals surface area contributed by atoms with Crippen molar-refractivity contribution < 1.29 is 14.7 Å². The SMILES string of the molecule is CC(CO)NC(=O)C1CC2CCCCC2N1C(=O)c1ccccc1. The van der Waals surface area contributed by atoms with Crippen molar-refractivity contribution in [2.75, 3.05) is 6.61 Å². The van der Waals surface area contributed by atoms with E-state index in [1.165, 1.54) is 6.42 Å². The molecule has 2 aliphatic rings. The molecule has 1 aliphatic heterocycles. The Kier molecular flexibility index (Phi) is 5.19. The Morgan fingerprint density at radius 1 is 1.25 bits per heavy atom. The van der Waals surface area contributed by atoms with Crippen molar-refractivity contribution in [2.24, 2.45) is 5.92 Å². The number of amides is 2. The number of nitrogens with one attached hydrogen (secondary N) is 1. The lowest BCUT2D eigenvalue weighted by Gasteiger charge is -2.34. The quantitative estimate of drug-likeness (QED) is 0.886. The van der Waals surface area contributed by atoms with Crippen LogP contribution in [0.1, 0.15) is 49.4 Å². The van der Waals surface area contributed by atoms with Gasteiger partial charge in [0.25, 0.3) is 5.91 Å². The molecule has 1 aromatic rings. The topological polar surface area (TPSA) is 69.6 Å². The summed E-state index contributed by atoms with van der Waals surface area (Å²) in [5, 5.41) is 12.0. The third-order valence-electron chi connectivity index (χ3n) is 5.31. The van der Waals surface area contributed by atoms with E-state index in [1.54, 1.807) is 6.92 Å². The minimum absolute atomic E-state index is 0.0539. The number of carbonyl (C=O) groups is 2. The summed E-state index contributed by atoms with van der Waals surface area (Å²) in [4.78, 5) is 27.6. The van der Waals surface area contributed by atoms with Gasteiger partial charge in [-0.05, 0) is 44.2 Å². The Hall–Kier alpha value is -1.88. The highest BCUT2D eigenvalue weighted by Crippen LogP contribution is 2.40. The third-order valence-corrected chi connectivity index (χ3v) is 5.31. The van der Waals surface area contributed by atoms with E-state index >= 15 is 0 Å². The molecule has 1 aromatic carbocycles. The van der Waals surface area contributed by atoms with Gasteiger partial charge < -0.3 is 15.3 Å². The van der Waals surface area contributed by atoms with Crippen molar-refractivity contribution in [2.45, 2.75) is 57.2 Å². The van der Waals surface area contributed by atoms with E-state index in [9.17, 15) is 14.7 Å². The largest absolute Gasteiger partial charge is 0.394 e.